The summed E-state index contributed by atoms with van der Waals surface area (Å²) < 4.78 is 0. The van der Waals surface area contributed by atoms with E-state index in [0.29, 0.717) is 11.1 Å². The predicted molar refractivity (Wildman–Crippen MR) is 70.2 cm³/mol. The first kappa shape index (κ1) is 11.9. The highest BCUT2D eigenvalue weighted by Gasteiger charge is 2.74. The van der Waals surface area contributed by atoms with Gasteiger partial charge in [-0.1, -0.05) is 0 Å². The van der Waals surface area contributed by atoms with Crippen molar-refractivity contribution in [3.8, 4) is 0 Å². The number of likely N-dealkylation sites (N-methyl/N-ethyl adjacent to an activating group) is 2. The van der Waals surface area contributed by atoms with Gasteiger partial charge in [0, 0.05) is 22.2 Å². The third kappa shape index (κ3) is 1.17. The highest BCUT2D eigenvalue weighted by Crippen LogP contribution is 2.65. The molecule has 4 bridgehead atoms. The van der Waals surface area contributed by atoms with Crippen LogP contribution in [0, 0.1) is 0 Å². The van der Waals surface area contributed by atoms with Crippen molar-refractivity contribution in [2.45, 2.75) is 54.3 Å². The number of nitrogens with one attached hydrogen (secondary N) is 4. The Kier molecular flexibility index (Phi) is 2.26. The third-order valence-corrected chi connectivity index (χ3v) is 6.17. The van der Waals surface area contributed by atoms with Crippen LogP contribution in [0.4, 0.5) is 0 Å². The standard InChI is InChI=1S/C13H26N4/c1-14-10-5-11(15-2)8-12(6-10,16-3)13(7-10,9-11)17-4/h14-17H,5-9H2,1-4H3. The summed E-state index contributed by atoms with van der Waals surface area (Å²) in [5.41, 5.74) is 1.13. The van der Waals surface area contributed by atoms with E-state index in [1.165, 1.54) is 32.1 Å². The highest BCUT2D eigenvalue weighted by molar-refractivity contribution is 5.37. The minimum Gasteiger partial charge on any atom is -0.314 e. The first-order chi connectivity index (χ1) is 8.03. The van der Waals surface area contributed by atoms with Crippen molar-refractivity contribution in [2.75, 3.05) is 28.2 Å². The molecule has 0 aromatic carbocycles. The van der Waals surface area contributed by atoms with Crippen molar-refractivity contribution in [1.29, 1.82) is 0 Å². The summed E-state index contributed by atoms with van der Waals surface area (Å²) in [7, 11) is 8.52. The Balaban J connectivity index is 2.09. The van der Waals surface area contributed by atoms with Crippen LogP contribution in [0.3, 0.4) is 0 Å². The zero-order valence-electron chi connectivity index (χ0n) is 11.5. The van der Waals surface area contributed by atoms with E-state index in [1.807, 2.05) is 0 Å². The summed E-state index contributed by atoms with van der Waals surface area (Å²) in [6, 6.07) is 0. The molecule has 0 unspecified atom stereocenters. The average Bonchev–Trinajstić information content (AvgIpc) is 2.69. The van der Waals surface area contributed by atoms with Crippen molar-refractivity contribution in [2.24, 2.45) is 0 Å². The fraction of sp³-hybridized carbons (Fsp3) is 1.00. The minimum absolute atomic E-state index is 0.256. The van der Waals surface area contributed by atoms with Crippen molar-refractivity contribution in [1.82, 2.24) is 21.3 Å². The Hall–Kier alpha value is -0.160. The number of rotatable bonds is 4. The molecule has 4 rings (SSSR count). The topological polar surface area (TPSA) is 48.1 Å². The Morgan fingerprint density at radius 1 is 0.529 bits per heavy atom. The second kappa shape index (κ2) is 3.23. The minimum atomic E-state index is 0.256. The molecule has 4 aliphatic rings. The van der Waals surface area contributed by atoms with Gasteiger partial charge in [-0.2, -0.15) is 0 Å². The highest BCUT2D eigenvalue weighted by atomic mass is 15.2. The van der Waals surface area contributed by atoms with Crippen LogP contribution >= 0.6 is 0 Å². The second-order valence-corrected chi connectivity index (χ2v) is 6.61. The zero-order chi connectivity index (χ0) is 12.4. The molecule has 4 heteroatoms. The molecule has 4 saturated carbocycles. The van der Waals surface area contributed by atoms with E-state index in [9.17, 15) is 0 Å². The number of hydrogen-bond donors (Lipinski definition) is 4. The molecule has 0 saturated heterocycles. The molecular formula is C13H26N4. The molecule has 0 aromatic rings. The van der Waals surface area contributed by atoms with Crippen molar-refractivity contribution < 1.29 is 0 Å². The van der Waals surface area contributed by atoms with Crippen molar-refractivity contribution in [3.63, 3.8) is 0 Å². The van der Waals surface area contributed by atoms with Crippen LogP contribution in [0.15, 0.2) is 0 Å². The molecule has 4 fully saturated rings. The Labute approximate surface area is 104 Å². The van der Waals surface area contributed by atoms with E-state index in [2.05, 4.69) is 49.5 Å². The van der Waals surface area contributed by atoms with Gasteiger partial charge in [0.25, 0.3) is 0 Å². The zero-order valence-corrected chi connectivity index (χ0v) is 11.5. The lowest BCUT2D eigenvalue weighted by molar-refractivity contribution is 0.126. The maximum Gasteiger partial charge on any atom is 0.0398 e. The molecular weight excluding hydrogens is 212 g/mol. The quantitative estimate of drug-likeness (QED) is 0.548. The summed E-state index contributed by atoms with van der Waals surface area (Å²) in [5.74, 6) is 0. The van der Waals surface area contributed by atoms with E-state index >= 15 is 0 Å². The smallest absolute Gasteiger partial charge is 0.0398 e. The third-order valence-electron chi connectivity index (χ3n) is 6.17. The molecule has 4 N–H and O–H groups in total. The fourth-order valence-electron chi connectivity index (χ4n) is 5.50. The Morgan fingerprint density at radius 2 is 0.882 bits per heavy atom. The lowest BCUT2D eigenvalue weighted by Crippen LogP contribution is -2.61. The fourth-order valence-corrected chi connectivity index (χ4v) is 5.50. The first-order valence-electron chi connectivity index (χ1n) is 6.79. The summed E-state index contributed by atoms with van der Waals surface area (Å²) in [5, 5.41) is 14.6. The normalized spacial score (nSPS) is 55.8. The summed E-state index contributed by atoms with van der Waals surface area (Å²) in [6.45, 7) is 0. The van der Waals surface area contributed by atoms with Gasteiger partial charge in [0.05, 0.1) is 0 Å². The molecule has 98 valence electrons. The van der Waals surface area contributed by atoms with Crippen LogP contribution in [0.2, 0.25) is 0 Å². The van der Waals surface area contributed by atoms with Gasteiger partial charge in [-0.15, -0.1) is 0 Å². The van der Waals surface area contributed by atoms with Crippen LogP contribution in [0.1, 0.15) is 32.1 Å². The van der Waals surface area contributed by atoms with Gasteiger partial charge < -0.3 is 21.3 Å². The van der Waals surface area contributed by atoms with Crippen LogP contribution in [-0.4, -0.2) is 50.3 Å². The van der Waals surface area contributed by atoms with Crippen molar-refractivity contribution >= 4 is 0 Å². The molecule has 4 aliphatic carbocycles. The second-order valence-electron chi connectivity index (χ2n) is 6.61. The van der Waals surface area contributed by atoms with Crippen LogP contribution in [-0.2, 0) is 0 Å². The van der Waals surface area contributed by atoms with Gasteiger partial charge in [0.15, 0.2) is 0 Å². The van der Waals surface area contributed by atoms with Gasteiger partial charge in [-0.3, -0.25) is 0 Å². The van der Waals surface area contributed by atoms with Crippen molar-refractivity contribution in [3.05, 3.63) is 0 Å². The van der Waals surface area contributed by atoms with Crippen LogP contribution in [0.5, 0.6) is 0 Å². The van der Waals surface area contributed by atoms with E-state index in [4.69, 9.17) is 0 Å². The molecule has 0 amide bonds. The van der Waals surface area contributed by atoms with Crippen LogP contribution in [0.25, 0.3) is 0 Å². The van der Waals surface area contributed by atoms with Gasteiger partial charge >= 0.3 is 0 Å². The van der Waals surface area contributed by atoms with Gasteiger partial charge in [-0.25, -0.2) is 0 Å². The molecule has 0 aliphatic heterocycles. The van der Waals surface area contributed by atoms with Crippen LogP contribution < -0.4 is 21.3 Å². The molecule has 17 heavy (non-hydrogen) atoms. The van der Waals surface area contributed by atoms with Gasteiger partial charge in [0.2, 0.25) is 0 Å². The van der Waals surface area contributed by atoms with E-state index in [0.717, 1.165) is 0 Å². The summed E-state index contributed by atoms with van der Waals surface area (Å²) >= 11 is 0. The Morgan fingerprint density at radius 3 is 1.12 bits per heavy atom. The molecule has 4 nitrogen and oxygen atoms in total. The average molecular weight is 238 g/mol. The van der Waals surface area contributed by atoms with E-state index < -0.39 is 0 Å². The SMILES string of the molecule is CNC12CC3(NC)CC(NC)(C1)C(NC)(C2)C3. The predicted octanol–water partition coefficient (Wildman–Crippen LogP) is -0.189. The van der Waals surface area contributed by atoms with E-state index in [-0.39, 0.29) is 11.1 Å². The lowest BCUT2D eigenvalue weighted by Gasteiger charge is -2.48. The maximum atomic E-state index is 3.67. The monoisotopic (exact) mass is 238 g/mol. The molecule has 0 aromatic heterocycles. The van der Waals surface area contributed by atoms with Gasteiger partial charge in [-0.05, 0) is 60.3 Å². The molecule has 0 radical (unpaired) electrons. The maximum absolute atomic E-state index is 3.67. The Bertz CT molecular complexity index is 294. The summed E-state index contributed by atoms with van der Waals surface area (Å²) in [6.07, 6.45) is 6.25. The molecule has 0 spiro atoms. The number of hydrogen-bond acceptors (Lipinski definition) is 4. The summed E-state index contributed by atoms with van der Waals surface area (Å²) in [4.78, 5) is 0. The lowest BCUT2D eigenvalue weighted by atomic mass is 9.69. The molecule has 0 atom stereocenters. The first-order valence-corrected chi connectivity index (χ1v) is 6.79. The van der Waals surface area contributed by atoms with E-state index in [1.54, 1.807) is 0 Å². The largest absolute Gasteiger partial charge is 0.314 e. The molecule has 0 heterocycles. The van der Waals surface area contributed by atoms with Gasteiger partial charge in [0.1, 0.15) is 0 Å².